The van der Waals surface area contributed by atoms with E-state index in [2.05, 4.69) is 19.2 Å². The largest absolute Gasteiger partial charge is 0.314 e. The number of nitrogens with one attached hydrogen (secondary N) is 1. The van der Waals surface area contributed by atoms with Crippen LogP contribution in [0.1, 0.15) is 52.4 Å². The summed E-state index contributed by atoms with van der Waals surface area (Å²) in [6, 6.07) is 0.574. The van der Waals surface area contributed by atoms with E-state index in [0.29, 0.717) is 11.4 Å². The van der Waals surface area contributed by atoms with Gasteiger partial charge in [0.1, 0.15) is 0 Å². The van der Waals surface area contributed by atoms with Crippen molar-refractivity contribution < 1.29 is 0 Å². The van der Waals surface area contributed by atoms with Gasteiger partial charge in [-0.2, -0.15) is 0 Å². The molecule has 2 unspecified atom stereocenters. The molecule has 2 heteroatoms. The fourth-order valence-corrected chi connectivity index (χ4v) is 2.60. The molecule has 14 heavy (non-hydrogen) atoms. The smallest absolute Gasteiger partial charge is 0.0322 e. The maximum atomic E-state index is 5.95. The summed E-state index contributed by atoms with van der Waals surface area (Å²) in [7, 11) is 0. The van der Waals surface area contributed by atoms with Crippen molar-refractivity contribution >= 4 is 11.6 Å². The zero-order valence-electron chi connectivity index (χ0n) is 9.56. The minimum Gasteiger partial charge on any atom is -0.314 e. The highest BCUT2D eigenvalue weighted by molar-refractivity contribution is 6.20. The van der Waals surface area contributed by atoms with Crippen molar-refractivity contribution in [3.05, 3.63) is 0 Å². The fraction of sp³-hybridized carbons (Fsp3) is 1.00. The van der Waals surface area contributed by atoms with Crippen molar-refractivity contribution in [2.45, 2.75) is 63.8 Å². The normalized spacial score (nSPS) is 23.4. The maximum absolute atomic E-state index is 5.95. The molecule has 0 spiro atoms. The highest BCUT2D eigenvalue weighted by Gasteiger charge is 2.14. The number of hydrogen-bond donors (Lipinski definition) is 1. The minimum atomic E-state index is 0.295. The lowest BCUT2D eigenvalue weighted by molar-refractivity contribution is 0.327. The Morgan fingerprint density at radius 3 is 2.43 bits per heavy atom. The second kappa shape index (κ2) is 6.68. The SMILES string of the molecule is CC(Cl)CC(C)NCC1CCCCC1. The number of halogens is 1. The van der Waals surface area contributed by atoms with E-state index in [1.807, 2.05) is 0 Å². The molecule has 0 saturated heterocycles. The van der Waals surface area contributed by atoms with E-state index < -0.39 is 0 Å². The van der Waals surface area contributed by atoms with Gasteiger partial charge in [0.05, 0.1) is 0 Å². The van der Waals surface area contributed by atoms with Crippen molar-refractivity contribution in [2.24, 2.45) is 5.92 Å². The summed E-state index contributed by atoms with van der Waals surface area (Å²) < 4.78 is 0. The van der Waals surface area contributed by atoms with Gasteiger partial charge in [-0.15, -0.1) is 11.6 Å². The predicted molar refractivity (Wildman–Crippen MR) is 64.0 cm³/mol. The van der Waals surface area contributed by atoms with Crippen molar-refractivity contribution in [3.8, 4) is 0 Å². The van der Waals surface area contributed by atoms with Gasteiger partial charge in [0, 0.05) is 11.4 Å². The van der Waals surface area contributed by atoms with Gasteiger partial charge in [-0.1, -0.05) is 19.3 Å². The van der Waals surface area contributed by atoms with Crippen LogP contribution in [0, 0.1) is 5.92 Å². The average Bonchev–Trinajstić information content (AvgIpc) is 2.15. The van der Waals surface area contributed by atoms with Gasteiger partial charge in [-0.3, -0.25) is 0 Å². The Morgan fingerprint density at radius 1 is 1.21 bits per heavy atom. The van der Waals surface area contributed by atoms with E-state index >= 15 is 0 Å². The molecule has 0 aromatic rings. The molecule has 0 amide bonds. The lowest BCUT2D eigenvalue weighted by Crippen LogP contribution is -2.33. The third kappa shape index (κ3) is 5.21. The number of alkyl halides is 1. The van der Waals surface area contributed by atoms with Crippen LogP contribution in [-0.2, 0) is 0 Å². The van der Waals surface area contributed by atoms with Crippen LogP contribution in [0.15, 0.2) is 0 Å². The second-order valence-corrected chi connectivity index (χ2v) is 5.57. The molecule has 1 aliphatic rings. The van der Waals surface area contributed by atoms with E-state index in [1.165, 1.54) is 38.6 Å². The average molecular weight is 218 g/mol. The van der Waals surface area contributed by atoms with Gasteiger partial charge in [-0.05, 0) is 45.6 Å². The van der Waals surface area contributed by atoms with Gasteiger partial charge < -0.3 is 5.32 Å². The van der Waals surface area contributed by atoms with Crippen LogP contribution < -0.4 is 5.32 Å². The van der Waals surface area contributed by atoms with Crippen LogP contribution in [0.3, 0.4) is 0 Å². The molecule has 0 aliphatic heterocycles. The third-order valence-corrected chi connectivity index (χ3v) is 3.34. The third-order valence-electron chi connectivity index (χ3n) is 3.16. The summed E-state index contributed by atoms with van der Waals surface area (Å²) in [5.41, 5.74) is 0. The van der Waals surface area contributed by atoms with Crippen LogP contribution >= 0.6 is 11.6 Å². The van der Waals surface area contributed by atoms with Crippen LogP contribution in [0.4, 0.5) is 0 Å². The summed E-state index contributed by atoms with van der Waals surface area (Å²) in [6.45, 7) is 5.51. The molecule has 0 aromatic heterocycles. The first kappa shape index (κ1) is 12.3. The molecule has 0 bridgehead atoms. The highest BCUT2D eigenvalue weighted by Crippen LogP contribution is 2.22. The van der Waals surface area contributed by atoms with Crippen LogP contribution in [0.2, 0.25) is 0 Å². The molecule has 0 heterocycles. The summed E-state index contributed by atoms with van der Waals surface area (Å²) in [6.07, 6.45) is 8.25. The van der Waals surface area contributed by atoms with Crippen molar-refractivity contribution in [2.75, 3.05) is 6.54 Å². The Morgan fingerprint density at radius 2 is 1.86 bits per heavy atom. The van der Waals surface area contributed by atoms with Crippen molar-refractivity contribution in [3.63, 3.8) is 0 Å². The Hall–Kier alpha value is 0.250. The lowest BCUT2D eigenvalue weighted by Gasteiger charge is -2.24. The molecule has 1 saturated carbocycles. The van der Waals surface area contributed by atoms with Crippen molar-refractivity contribution in [1.82, 2.24) is 5.32 Å². The Labute approximate surface area is 93.6 Å². The maximum Gasteiger partial charge on any atom is 0.0322 e. The van der Waals surface area contributed by atoms with E-state index in [0.717, 1.165) is 12.3 Å². The molecule has 0 radical (unpaired) electrons. The van der Waals surface area contributed by atoms with Crippen LogP contribution in [0.5, 0.6) is 0 Å². The zero-order chi connectivity index (χ0) is 10.4. The van der Waals surface area contributed by atoms with E-state index in [4.69, 9.17) is 11.6 Å². The van der Waals surface area contributed by atoms with E-state index in [1.54, 1.807) is 0 Å². The number of rotatable bonds is 5. The van der Waals surface area contributed by atoms with Crippen molar-refractivity contribution in [1.29, 1.82) is 0 Å². The summed E-state index contributed by atoms with van der Waals surface area (Å²) in [4.78, 5) is 0. The molecule has 1 aliphatic carbocycles. The van der Waals surface area contributed by atoms with Gasteiger partial charge in [-0.25, -0.2) is 0 Å². The van der Waals surface area contributed by atoms with Gasteiger partial charge in [0.2, 0.25) is 0 Å². The summed E-state index contributed by atoms with van der Waals surface area (Å²) in [5, 5.41) is 3.89. The molecule has 84 valence electrons. The van der Waals surface area contributed by atoms with Crippen LogP contribution in [0.25, 0.3) is 0 Å². The molecule has 2 atom stereocenters. The Bertz CT molecular complexity index is 141. The molecule has 1 N–H and O–H groups in total. The Balaban J connectivity index is 2.06. The standard InChI is InChI=1S/C12H24ClN/c1-10(13)8-11(2)14-9-12-6-4-3-5-7-12/h10-12,14H,3-9H2,1-2H3. The first-order valence-corrected chi connectivity index (χ1v) is 6.49. The first-order chi connectivity index (χ1) is 6.68. The molecular weight excluding hydrogens is 194 g/mol. The van der Waals surface area contributed by atoms with Gasteiger partial charge in [0.15, 0.2) is 0 Å². The summed E-state index contributed by atoms with van der Waals surface area (Å²) >= 11 is 5.95. The monoisotopic (exact) mass is 217 g/mol. The number of hydrogen-bond acceptors (Lipinski definition) is 1. The van der Waals surface area contributed by atoms with Gasteiger partial charge >= 0.3 is 0 Å². The van der Waals surface area contributed by atoms with E-state index in [-0.39, 0.29) is 0 Å². The Kier molecular flexibility index (Phi) is 5.88. The minimum absolute atomic E-state index is 0.295. The topological polar surface area (TPSA) is 12.0 Å². The predicted octanol–water partition coefficient (Wildman–Crippen LogP) is 3.56. The lowest BCUT2D eigenvalue weighted by atomic mass is 9.89. The molecule has 1 rings (SSSR count). The molecular formula is C12H24ClN. The zero-order valence-corrected chi connectivity index (χ0v) is 10.3. The first-order valence-electron chi connectivity index (χ1n) is 6.06. The second-order valence-electron chi connectivity index (χ2n) is 4.83. The van der Waals surface area contributed by atoms with E-state index in [9.17, 15) is 0 Å². The summed E-state index contributed by atoms with van der Waals surface area (Å²) in [5.74, 6) is 0.928. The fourth-order valence-electron chi connectivity index (χ4n) is 2.33. The van der Waals surface area contributed by atoms with Gasteiger partial charge in [0.25, 0.3) is 0 Å². The molecule has 1 fully saturated rings. The highest BCUT2D eigenvalue weighted by atomic mass is 35.5. The molecule has 1 nitrogen and oxygen atoms in total. The van der Waals surface area contributed by atoms with Crippen LogP contribution in [-0.4, -0.2) is 18.0 Å². The quantitative estimate of drug-likeness (QED) is 0.695. The molecule has 0 aromatic carbocycles.